The molecule has 1 aromatic heterocycles. The Hall–Kier alpha value is -2.01. The van der Waals surface area contributed by atoms with Crippen molar-refractivity contribution >= 4 is 16.8 Å². The smallest absolute Gasteiger partial charge is 0.241 e. The Bertz CT molecular complexity index is 591. The fourth-order valence-corrected chi connectivity index (χ4v) is 2.42. The third kappa shape index (κ3) is 1.64. The summed E-state index contributed by atoms with van der Waals surface area (Å²) < 4.78 is 5.37. The molecule has 1 aliphatic heterocycles. The summed E-state index contributed by atoms with van der Waals surface area (Å²) in [6, 6.07) is 5.49. The molecule has 1 amide bonds. The van der Waals surface area contributed by atoms with E-state index in [4.69, 9.17) is 4.74 Å². The zero-order chi connectivity index (χ0) is 12.5. The number of methoxy groups -OCH3 is 1. The van der Waals surface area contributed by atoms with Crippen LogP contribution in [0.1, 0.15) is 11.6 Å². The van der Waals surface area contributed by atoms with Crippen molar-refractivity contribution < 1.29 is 9.53 Å². The average Bonchev–Trinajstić information content (AvgIpc) is 2.83. The highest BCUT2D eigenvalue weighted by molar-refractivity contribution is 5.95. The van der Waals surface area contributed by atoms with Crippen LogP contribution >= 0.6 is 0 Å². The molecule has 5 nitrogen and oxygen atoms in total. The van der Waals surface area contributed by atoms with Gasteiger partial charge < -0.3 is 20.4 Å². The summed E-state index contributed by atoms with van der Waals surface area (Å²) in [6.45, 7) is 1.45. The minimum atomic E-state index is -0.316. The van der Waals surface area contributed by atoms with E-state index in [1.165, 1.54) is 0 Å². The molecule has 1 atom stereocenters. The van der Waals surface area contributed by atoms with Gasteiger partial charge in [0, 0.05) is 35.8 Å². The van der Waals surface area contributed by atoms with Gasteiger partial charge in [-0.15, -0.1) is 0 Å². The quantitative estimate of drug-likeness (QED) is 0.737. The molecule has 0 saturated carbocycles. The van der Waals surface area contributed by atoms with Gasteiger partial charge in [0.2, 0.25) is 5.91 Å². The summed E-state index contributed by atoms with van der Waals surface area (Å²) in [7, 11) is 1.64. The average molecular weight is 245 g/mol. The molecule has 3 N–H and O–H groups in total. The Morgan fingerprint density at radius 3 is 3.00 bits per heavy atom. The third-order valence-electron chi connectivity index (χ3n) is 3.26. The number of piperazine rings is 1. The van der Waals surface area contributed by atoms with Crippen molar-refractivity contribution in [2.24, 2.45) is 0 Å². The molecule has 94 valence electrons. The van der Waals surface area contributed by atoms with Crippen LogP contribution in [0.15, 0.2) is 24.4 Å². The lowest BCUT2D eigenvalue weighted by atomic mass is 10.0. The zero-order valence-electron chi connectivity index (χ0n) is 10.1. The number of ether oxygens (including phenoxy) is 1. The first-order chi connectivity index (χ1) is 8.81. The summed E-state index contributed by atoms with van der Waals surface area (Å²) in [6.07, 6.45) is 1.87. The number of hydrogen-bond acceptors (Lipinski definition) is 3. The molecule has 1 saturated heterocycles. The Morgan fingerprint density at radius 2 is 2.22 bits per heavy atom. The van der Waals surface area contributed by atoms with Gasteiger partial charge >= 0.3 is 0 Å². The molecular weight excluding hydrogens is 230 g/mol. The first-order valence-electron chi connectivity index (χ1n) is 5.96. The number of carbonyl (C=O) groups excluding carboxylic acids is 1. The summed E-state index contributed by atoms with van der Waals surface area (Å²) >= 11 is 0. The Balaban J connectivity index is 2.14. The number of aromatic amines is 1. The maximum atomic E-state index is 11.9. The van der Waals surface area contributed by atoms with Crippen LogP contribution in [0.25, 0.3) is 10.9 Å². The molecule has 1 fully saturated rings. The van der Waals surface area contributed by atoms with E-state index in [0.29, 0.717) is 6.54 Å². The monoisotopic (exact) mass is 245 g/mol. The van der Waals surface area contributed by atoms with Gasteiger partial charge in [-0.1, -0.05) is 6.07 Å². The number of aromatic nitrogens is 1. The van der Waals surface area contributed by atoms with Crippen molar-refractivity contribution in [1.29, 1.82) is 0 Å². The lowest BCUT2D eigenvalue weighted by molar-refractivity contribution is -0.124. The van der Waals surface area contributed by atoms with Gasteiger partial charge in [0.1, 0.15) is 11.8 Å². The van der Waals surface area contributed by atoms with Crippen LogP contribution < -0.4 is 15.4 Å². The van der Waals surface area contributed by atoms with Crippen molar-refractivity contribution in [3.63, 3.8) is 0 Å². The van der Waals surface area contributed by atoms with E-state index in [2.05, 4.69) is 15.6 Å². The molecule has 5 heteroatoms. The number of fused-ring (bicyclic) bond motifs is 1. The van der Waals surface area contributed by atoms with Gasteiger partial charge in [-0.25, -0.2) is 0 Å². The number of rotatable bonds is 2. The summed E-state index contributed by atoms with van der Waals surface area (Å²) in [4.78, 5) is 15.1. The van der Waals surface area contributed by atoms with E-state index in [0.717, 1.165) is 28.8 Å². The lowest BCUT2D eigenvalue weighted by Crippen LogP contribution is -2.47. The van der Waals surface area contributed by atoms with Crippen molar-refractivity contribution in [1.82, 2.24) is 15.6 Å². The number of H-pyrrole nitrogens is 1. The number of carbonyl (C=O) groups is 1. The summed E-state index contributed by atoms with van der Waals surface area (Å²) in [5, 5.41) is 7.06. The molecule has 1 unspecified atom stereocenters. The SMILES string of the molecule is COc1cccc2[nH]cc(C3NCCNC3=O)c12. The topological polar surface area (TPSA) is 66.2 Å². The minimum Gasteiger partial charge on any atom is -0.496 e. The second-order valence-corrected chi connectivity index (χ2v) is 4.31. The Labute approximate surface area is 105 Å². The van der Waals surface area contributed by atoms with Gasteiger partial charge in [0.05, 0.1) is 7.11 Å². The highest BCUT2D eigenvalue weighted by Crippen LogP contribution is 2.32. The van der Waals surface area contributed by atoms with Gasteiger partial charge in [-0.2, -0.15) is 0 Å². The van der Waals surface area contributed by atoms with E-state index >= 15 is 0 Å². The minimum absolute atomic E-state index is 0.00746. The largest absolute Gasteiger partial charge is 0.496 e. The molecular formula is C13H15N3O2. The van der Waals surface area contributed by atoms with Crippen LogP contribution in [0.3, 0.4) is 0 Å². The molecule has 0 spiro atoms. The molecule has 0 bridgehead atoms. The normalized spacial score (nSPS) is 19.8. The lowest BCUT2D eigenvalue weighted by Gasteiger charge is -2.23. The van der Waals surface area contributed by atoms with E-state index in [-0.39, 0.29) is 11.9 Å². The molecule has 1 aromatic carbocycles. The first-order valence-corrected chi connectivity index (χ1v) is 5.96. The Kier molecular flexibility index (Phi) is 2.68. The molecule has 0 radical (unpaired) electrons. The highest BCUT2D eigenvalue weighted by atomic mass is 16.5. The van der Waals surface area contributed by atoms with Crippen molar-refractivity contribution in [3.8, 4) is 5.75 Å². The predicted octanol–water partition coefficient (Wildman–Crippen LogP) is 0.937. The number of benzene rings is 1. The summed E-state index contributed by atoms with van der Waals surface area (Å²) in [5.41, 5.74) is 1.91. The predicted molar refractivity (Wildman–Crippen MR) is 68.6 cm³/mol. The van der Waals surface area contributed by atoms with Crippen molar-refractivity contribution in [2.75, 3.05) is 20.2 Å². The number of hydrogen-bond donors (Lipinski definition) is 3. The molecule has 0 aliphatic carbocycles. The van der Waals surface area contributed by atoms with Crippen LogP contribution in [-0.4, -0.2) is 31.1 Å². The maximum absolute atomic E-state index is 11.9. The molecule has 1 aliphatic rings. The highest BCUT2D eigenvalue weighted by Gasteiger charge is 2.26. The molecule has 2 heterocycles. The first kappa shape index (κ1) is 11.1. The molecule has 2 aromatic rings. The number of nitrogens with one attached hydrogen (secondary N) is 3. The van der Waals surface area contributed by atoms with Gasteiger partial charge in [0.15, 0.2) is 0 Å². The standard InChI is InChI=1S/C13H15N3O2/c1-18-10-4-2-3-9-11(10)8(7-16-9)12-13(17)15-6-5-14-12/h2-4,7,12,14,16H,5-6H2,1H3,(H,15,17). The van der Waals surface area contributed by atoms with E-state index in [9.17, 15) is 4.79 Å². The summed E-state index contributed by atoms with van der Waals surface area (Å²) in [5.74, 6) is 0.789. The van der Waals surface area contributed by atoms with E-state index in [1.807, 2.05) is 24.4 Å². The van der Waals surface area contributed by atoms with Gasteiger partial charge in [0.25, 0.3) is 0 Å². The van der Waals surface area contributed by atoms with Gasteiger partial charge in [-0.05, 0) is 12.1 Å². The second kappa shape index (κ2) is 4.34. The fourth-order valence-electron chi connectivity index (χ4n) is 2.42. The van der Waals surface area contributed by atoms with Crippen molar-refractivity contribution in [2.45, 2.75) is 6.04 Å². The Morgan fingerprint density at radius 1 is 1.33 bits per heavy atom. The second-order valence-electron chi connectivity index (χ2n) is 4.31. The van der Waals surface area contributed by atoms with Crippen LogP contribution in [0.4, 0.5) is 0 Å². The maximum Gasteiger partial charge on any atom is 0.241 e. The molecule has 18 heavy (non-hydrogen) atoms. The van der Waals surface area contributed by atoms with Crippen LogP contribution in [0, 0.1) is 0 Å². The van der Waals surface area contributed by atoms with Crippen LogP contribution in [-0.2, 0) is 4.79 Å². The van der Waals surface area contributed by atoms with Gasteiger partial charge in [-0.3, -0.25) is 4.79 Å². The van der Waals surface area contributed by atoms with Crippen molar-refractivity contribution in [3.05, 3.63) is 30.0 Å². The third-order valence-corrected chi connectivity index (χ3v) is 3.26. The van der Waals surface area contributed by atoms with E-state index in [1.54, 1.807) is 7.11 Å². The van der Waals surface area contributed by atoms with Crippen LogP contribution in [0.5, 0.6) is 5.75 Å². The van der Waals surface area contributed by atoms with Crippen LogP contribution in [0.2, 0.25) is 0 Å². The van der Waals surface area contributed by atoms with E-state index < -0.39 is 0 Å². The zero-order valence-corrected chi connectivity index (χ0v) is 10.1. The number of amides is 1. The fraction of sp³-hybridized carbons (Fsp3) is 0.308. The molecule has 3 rings (SSSR count).